The van der Waals surface area contributed by atoms with E-state index in [-0.39, 0.29) is 18.2 Å². The maximum atomic E-state index is 12.3. The van der Waals surface area contributed by atoms with Gasteiger partial charge in [-0.25, -0.2) is 8.42 Å². The number of carbonyl (C=O) groups is 1. The van der Waals surface area contributed by atoms with Gasteiger partial charge in [0.25, 0.3) is 0 Å². The maximum Gasteiger partial charge on any atom is 0.238 e. The van der Waals surface area contributed by atoms with Crippen molar-refractivity contribution in [3.8, 4) is 0 Å². The van der Waals surface area contributed by atoms with Crippen LogP contribution in [0.2, 0.25) is 5.02 Å². The lowest BCUT2D eigenvalue weighted by atomic mass is 10.2. The van der Waals surface area contributed by atoms with Gasteiger partial charge in [-0.1, -0.05) is 37.4 Å². The molecule has 1 N–H and O–H groups in total. The number of hydrogen-bond donors (Lipinski definition) is 1. The first-order valence-corrected chi connectivity index (χ1v) is 11.1. The van der Waals surface area contributed by atoms with Crippen LogP contribution >= 0.6 is 11.6 Å². The molecule has 0 saturated carbocycles. The van der Waals surface area contributed by atoms with Gasteiger partial charge >= 0.3 is 0 Å². The van der Waals surface area contributed by atoms with Gasteiger partial charge < -0.3 is 5.32 Å². The number of amides is 1. The Hall–Kier alpha value is -1.15. The second kappa shape index (κ2) is 9.69. The minimum absolute atomic E-state index is 0.144. The molecule has 1 aromatic carbocycles. The van der Waals surface area contributed by atoms with Crippen molar-refractivity contribution >= 4 is 33.2 Å². The van der Waals surface area contributed by atoms with E-state index >= 15 is 0 Å². The molecule has 0 aromatic heterocycles. The highest BCUT2D eigenvalue weighted by atomic mass is 35.5. The standard InChI is InChI=1S/C18H28ClN3O3S/c1-3-4-5-12-26(24,25)22-10-8-21(9-11-22)14-18(23)20-17-7-6-15(2)13-16(17)19/h6-7,13H,3-5,8-12,14H2,1-2H3,(H,20,23). The normalized spacial score (nSPS) is 16.6. The van der Waals surface area contributed by atoms with Crippen LogP contribution in [0.3, 0.4) is 0 Å². The van der Waals surface area contributed by atoms with E-state index in [0.717, 1.165) is 18.4 Å². The van der Waals surface area contributed by atoms with Crippen LogP contribution in [-0.2, 0) is 14.8 Å². The molecule has 1 fully saturated rings. The van der Waals surface area contributed by atoms with Crippen molar-refractivity contribution in [3.63, 3.8) is 0 Å². The Bertz CT molecular complexity index is 716. The third kappa shape index (κ3) is 6.23. The summed E-state index contributed by atoms with van der Waals surface area (Å²) in [5, 5.41) is 3.33. The average Bonchev–Trinajstić information content (AvgIpc) is 2.58. The van der Waals surface area contributed by atoms with Crippen molar-refractivity contribution < 1.29 is 13.2 Å². The number of nitrogens with zero attached hydrogens (tertiary/aromatic N) is 2. The third-order valence-corrected chi connectivity index (χ3v) is 6.77. The topological polar surface area (TPSA) is 69.7 Å². The fraction of sp³-hybridized carbons (Fsp3) is 0.611. The fourth-order valence-corrected chi connectivity index (χ4v) is 4.77. The fourth-order valence-electron chi connectivity index (χ4n) is 2.94. The molecule has 0 spiro atoms. The summed E-state index contributed by atoms with van der Waals surface area (Å²) in [5.74, 6) is 0.0720. The highest BCUT2D eigenvalue weighted by Gasteiger charge is 2.27. The van der Waals surface area contributed by atoms with E-state index < -0.39 is 10.0 Å². The predicted octanol–water partition coefficient (Wildman–Crippen LogP) is 2.72. The van der Waals surface area contributed by atoms with Crippen LogP contribution in [0, 0.1) is 6.92 Å². The zero-order valence-corrected chi connectivity index (χ0v) is 17.1. The van der Waals surface area contributed by atoms with Gasteiger partial charge in [-0.3, -0.25) is 9.69 Å². The summed E-state index contributed by atoms with van der Waals surface area (Å²) in [6.07, 6.45) is 2.64. The zero-order valence-electron chi connectivity index (χ0n) is 15.5. The van der Waals surface area contributed by atoms with Gasteiger partial charge in [0.2, 0.25) is 15.9 Å². The Kier molecular flexibility index (Phi) is 7.88. The number of piperazine rings is 1. The van der Waals surface area contributed by atoms with Gasteiger partial charge in [0.1, 0.15) is 0 Å². The Balaban J connectivity index is 1.80. The molecular weight excluding hydrogens is 374 g/mol. The lowest BCUT2D eigenvalue weighted by Gasteiger charge is -2.33. The van der Waals surface area contributed by atoms with Crippen LogP contribution in [0.25, 0.3) is 0 Å². The van der Waals surface area contributed by atoms with Gasteiger partial charge in [-0.2, -0.15) is 4.31 Å². The molecule has 6 nitrogen and oxygen atoms in total. The number of benzene rings is 1. The largest absolute Gasteiger partial charge is 0.324 e. The van der Waals surface area contributed by atoms with E-state index in [1.165, 1.54) is 0 Å². The van der Waals surface area contributed by atoms with Gasteiger partial charge in [0, 0.05) is 26.2 Å². The van der Waals surface area contributed by atoms with E-state index in [9.17, 15) is 13.2 Å². The molecule has 0 bridgehead atoms. The molecule has 0 unspecified atom stereocenters. The second-order valence-electron chi connectivity index (χ2n) is 6.73. The molecule has 1 amide bonds. The van der Waals surface area contributed by atoms with Crippen molar-refractivity contribution in [2.75, 3.05) is 43.8 Å². The van der Waals surface area contributed by atoms with Crippen molar-refractivity contribution in [1.82, 2.24) is 9.21 Å². The summed E-state index contributed by atoms with van der Waals surface area (Å²) in [6.45, 7) is 6.21. The number of halogens is 1. The second-order valence-corrected chi connectivity index (χ2v) is 9.23. The summed E-state index contributed by atoms with van der Waals surface area (Å²) in [5.41, 5.74) is 1.63. The molecule has 2 rings (SSSR count). The Morgan fingerprint density at radius 2 is 1.88 bits per heavy atom. The molecule has 8 heteroatoms. The number of hydrogen-bond acceptors (Lipinski definition) is 4. The Morgan fingerprint density at radius 1 is 1.19 bits per heavy atom. The first-order valence-electron chi connectivity index (χ1n) is 9.08. The first kappa shape index (κ1) is 21.2. The molecule has 0 atom stereocenters. The monoisotopic (exact) mass is 401 g/mol. The van der Waals surface area contributed by atoms with Crippen LogP contribution < -0.4 is 5.32 Å². The van der Waals surface area contributed by atoms with Gasteiger partial charge in [-0.05, 0) is 31.0 Å². The van der Waals surface area contributed by atoms with Crippen LogP contribution in [0.15, 0.2) is 18.2 Å². The zero-order chi connectivity index (χ0) is 19.2. The molecule has 146 valence electrons. The average molecular weight is 402 g/mol. The SMILES string of the molecule is CCCCCS(=O)(=O)N1CCN(CC(=O)Nc2ccc(C)cc2Cl)CC1. The maximum absolute atomic E-state index is 12.3. The Labute approximate surface area is 161 Å². The number of rotatable bonds is 8. The molecule has 1 heterocycles. The molecule has 1 aliphatic rings. The summed E-state index contributed by atoms with van der Waals surface area (Å²) in [6, 6.07) is 5.49. The van der Waals surface area contributed by atoms with E-state index in [4.69, 9.17) is 11.6 Å². The highest BCUT2D eigenvalue weighted by Crippen LogP contribution is 2.22. The number of aryl methyl sites for hydroxylation is 1. The predicted molar refractivity (Wildman–Crippen MR) is 106 cm³/mol. The summed E-state index contributed by atoms with van der Waals surface area (Å²) in [7, 11) is -3.18. The van der Waals surface area contributed by atoms with Crippen molar-refractivity contribution in [3.05, 3.63) is 28.8 Å². The quantitative estimate of drug-likeness (QED) is 0.680. The highest BCUT2D eigenvalue weighted by molar-refractivity contribution is 7.89. The number of carbonyl (C=O) groups excluding carboxylic acids is 1. The number of unbranched alkanes of at least 4 members (excludes halogenated alkanes) is 2. The lowest BCUT2D eigenvalue weighted by molar-refractivity contribution is -0.117. The third-order valence-electron chi connectivity index (χ3n) is 4.50. The molecule has 0 radical (unpaired) electrons. The minimum atomic E-state index is -3.18. The van der Waals surface area contributed by atoms with Crippen LogP contribution in [0.5, 0.6) is 0 Å². The van der Waals surface area contributed by atoms with Crippen molar-refractivity contribution in [1.29, 1.82) is 0 Å². The van der Waals surface area contributed by atoms with Crippen LogP contribution in [0.1, 0.15) is 31.7 Å². The Morgan fingerprint density at radius 3 is 2.50 bits per heavy atom. The molecule has 1 aliphatic heterocycles. The van der Waals surface area contributed by atoms with Gasteiger partial charge in [0.15, 0.2) is 0 Å². The smallest absolute Gasteiger partial charge is 0.238 e. The molecular formula is C18H28ClN3O3S. The minimum Gasteiger partial charge on any atom is -0.324 e. The number of anilines is 1. The van der Waals surface area contributed by atoms with Crippen LogP contribution in [-0.4, -0.2) is 62.0 Å². The lowest BCUT2D eigenvalue weighted by Crippen LogP contribution is -2.50. The summed E-state index contributed by atoms with van der Waals surface area (Å²) >= 11 is 6.14. The molecule has 1 aromatic rings. The van der Waals surface area contributed by atoms with E-state index in [1.807, 2.05) is 17.9 Å². The van der Waals surface area contributed by atoms with E-state index in [0.29, 0.717) is 43.3 Å². The molecule has 0 aliphatic carbocycles. The molecule has 26 heavy (non-hydrogen) atoms. The van der Waals surface area contributed by atoms with Crippen LogP contribution in [0.4, 0.5) is 5.69 Å². The summed E-state index contributed by atoms with van der Waals surface area (Å²) in [4.78, 5) is 14.2. The van der Waals surface area contributed by atoms with Gasteiger partial charge in [0.05, 0.1) is 23.0 Å². The number of sulfonamides is 1. The molecule has 1 saturated heterocycles. The van der Waals surface area contributed by atoms with Gasteiger partial charge in [-0.15, -0.1) is 0 Å². The number of nitrogens with one attached hydrogen (secondary N) is 1. The van der Waals surface area contributed by atoms with Crippen molar-refractivity contribution in [2.45, 2.75) is 33.1 Å². The van der Waals surface area contributed by atoms with Crippen molar-refractivity contribution in [2.24, 2.45) is 0 Å². The first-order chi connectivity index (χ1) is 12.3. The van der Waals surface area contributed by atoms with E-state index in [2.05, 4.69) is 12.2 Å². The van der Waals surface area contributed by atoms with E-state index in [1.54, 1.807) is 16.4 Å². The summed E-state index contributed by atoms with van der Waals surface area (Å²) < 4.78 is 26.2.